The Morgan fingerprint density at radius 1 is 0.789 bits per heavy atom. The molecule has 2 rings (SSSR count). The lowest BCUT2D eigenvalue weighted by Gasteiger charge is -2.31. The van der Waals surface area contributed by atoms with Crippen molar-refractivity contribution in [2.75, 3.05) is 0 Å². The van der Waals surface area contributed by atoms with E-state index in [-0.39, 0.29) is 12.1 Å². The van der Waals surface area contributed by atoms with Gasteiger partial charge in [-0.15, -0.1) is 0 Å². The molecule has 19 heavy (non-hydrogen) atoms. The summed E-state index contributed by atoms with van der Waals surface area (Å²) in [4.78, 5) is 13.1. The van der Waals surface area contributed by atoms with Gasteiger partial charge in [0.25, 0.3) is 0 Å². The van der Waals surface area contributed by atoms with Crippen molar-refractivity contribution in [1.82, 2.24) is 4.90 Å². The first kappa shape index (κ1) is 13.3. The Morgan fingerprint density at radius 2 is 1.16 bits per heavy atom. The van der Waals surface area contributed by atoms with Crippen LogP contribution in [0, 0.1) is 0 Å². The van der Waals surface area contributed by atoms with Gasteiger partial charge in [-0.05, 0) is 25.0 Å². The van der Waals surface area contributed by atoms with Gasteiger partial charge in [-0.1, -0.05) is 60.7 Å². The molecule has 0 aliphatic rings. The van der Waals surface area contributed by atoms with Crippen LogP contribution in [0.2, 0.25) is 0 Å². The molecule has 1 radical (unpaired) electrons. The van der Waals surface area contributed by atoms with E-state index in [1.807, 2.05) is 74.5 Å². The molecule has 0 saturated heterocycles. The highest BCUT2D eigenvalue weighted by Crippen LogP contribution is 2.28. The first-order chi connectivity index (χ1) is 9.24. The summed E-state index contributed by atoms with van der Waals surface area (Å²) in [6.45, 7) is 4.05. The average Bonchev–Trinajstić information content (AvgIpc) is 2.49. The zero-order chi connectivity index (χ0) is 13.7. The maximum absolute atomic E-state index is 11.3. The molecule has 0 aromatic heterocycles. The summed E-state index contributed by atoms with van der Waals surface area (Å²) in [5.41, 5.74) is 2.24. The van der Waals surface area contributed by atoms with Gasteiger partial charge in [0.05, 0.1) is 12.1 Å². The van der Waals surface area contributed by atoms with Crippen molar-refractivity contribution in [1.29, 1.82) is 0 Å². The molecule has 0 aliphatic heterocycles. The Morgan fingerprint density at radius 3 is 1.47 bits per heavy atom. The largest absolute Gasteiger partial charge is 0.321 e. The van der Waals surface area contributed by atoms with Crippen molar-refractivity contribution in [2.24, 2.45) is 0 Å². The van der Waals surface area contributed by atoms with Gasteiger partial charge in [0.15, 0.2) is 0 Å². The first-order valence-corrected chi connectivity index (χ1v) is 6.50. The topological polar surface area (TPSA) is 20.3 Å². The zero-order valence-corrected chi connectivity index (χ0v) is 11.3. The molecule has 1 amide bonds. The van der Waals surface area contributed by atoms with E-state index in [4.69, 9.17) is 0 Å². The van der Waals surface area contributed by atoms with E-state index in [1.165, 1.54) is 0 Å². The Balaban J connectivity index is 2.23. The van der Waals surface area contributed by atoms with Crippen LogP contribution in [-0.4, -0.2) is 11.3 Å². The average molecular weight is 252 g/mol. The second-order valence-electron chi connectivity index (χ2n) is 4.67. The number of nitrogens with zero attached hydrogens (tertiary/aromatic N) is 1. The fourth-order valence-corrected chi connectivity index (χ4v) is 2.28. The van der Waals surface area contributed by atoms with Crippen molar-refractivity contribution in [2.45, 2.75) is 25.9 Å². The molecule has 0 bridgehead atoms. The van der Waals surface area contributed by atoms with E-state index in [0.717, 1.165) is 11.1 Å². The van der Waals surface area contributed by atoms with Gasteiger partial charge in [0.2, 0.25) is 0 Å². The molecule has 97 valence electrons. The second kappa shape index (κ2) is 6.19. The number of hydrogen-bond acceptors (Lipinski definition) is 1. The highest BCUT2D eigenvalue weighted by atomic mass is 16.1. The third kappa shape index (κ3) is 3.02. The summed E-state index contributed by atoms with van der Waals surface area (Å²) >= 11 is 0. The van der Waals surface area contributed by atoms with Crippen LogP contribution in [-0.2, 0) is 4.79 Å². The van der Waals surface area contributed by atoms with Crippen LogP contribution in [0.25, 0.3) is 0 Å². The second-order valence-corrected chi connectivity index (χ2v) is 4.67. The molecule has 2 unspecified atom stereocenters. The fraction of sp³-hybridized carbons (Fsp3) is 0.235. The van der Waals surface area contributed by atoms with Crippen LogP contribution in [0.3, 0.4) is 0 Å². The summed E-state index contributed by atoms with van der Waals surface area (Å²) in [5.74, 6) is 0. The molecule has 0 fully saturated rings. The zero-order valence-electron chi connectivity index (χ0n) is 11.3. The number of rotatable bonds is 5. The normalized spacial score (nSPS) is 13.6. The van der Waals surface area contributed by atoms with Gasteiger partial charge in [-0.3, -0.25) is 4.79 Å². The predicted molar refractivity (Wildman–Crippen MR) is 77.2 cm³/mol. The monoisotopic (exact) mass is 252 g/mol. The van der Waals surface area contributed by atoms with Crippen molar-refractivity contribution >= 4 is 6.41 Å². The number of amides is 1. The third-order valence-electron chi connectivity index (χ3n) is 3.50. The van der Waals surface area contributed by atoms with E-state index in [9.17, 15) is 4.79 Å². The molecule has 2 nitrogen and oxygen atoms in total. The minimum atomic E-state index is 0.00825. The standard InChI is InChI=1S/C17H18NO/c1-14(16-9-5-3-6-10-16)18(13-19)15(2)17-11-7-4-8-12-17/h3-12,14-15H,1-2H3. The third-order valence-corrected chi connectivity index (χ3v) is 3.50. The van der Waals surface area contributed by atoms with Crippen molar-refractivity contribution in [3.63, 3.8) is 0 Å². The number of benzene rings is 2. The van der Waals surface area contributed by atoms with Gasteiger partial charge in [0.1, 0.15) is 0 Å². The Hall–Kier alpha value is -2.09. The van der Waals surface area contributed by atoms with Gasteiger partial charge in [-0.2, -0.15) is 0 Å². The van der Waals surface area contributed by atoms with Crippen molar-refractivity contribution in [3.05, 3.63) is 71.8 Å². The van der Waals surface area contributed by atoms with Crippen LogP contribution in [0.15, 0.2) is 60.7 Å². The summed E-state index contributed by atoms with van der Waals surface area (Å²) in [6.07, 6.45) is 2.08. The van der Waals surface area contributed by atoms with E-state index in [0.29, 0.717) is 0 Å². The Bertz CT molecular complexity index is 464. The quantitative estimate of drug-likeness (QED) is 0.739. The Labute approximate surface area is 114 Å². The molecule has 2 aromatic carbocycles. The highest BCUT2D eigenvalue weighted by Gasteiger charge is 2.21. The molecule has 0 aliphatic carbocycles. The summed E-state index contributed by atoms with van der Waals surface area (Å²) < 4.78 is 0. The molecule has 2 aromatic rings. The van der Waals surface area contributed by atoms with Crippen molar-refractivity contribution in [3.8, 4) is 0 Å². The maximum atomic E-state index is 11.3. The molecule has 0 N–H and O–H groups in total. The predicted octanol–water partition coefficient (Wildman–Crippen LogP) is 3.88. The van der Waals surface area contributed by atoms with E-state index in [1.54, 1.807) is 4.90 Å². The lowest BCUT2D eigenvalue weighted by Crippen LogP contribution is -2.28. The van der Waals surface area contributed by atoms with Crippen LogP contribution in [0.4, 0.5) is 0 Å². The lowest BCUT2D eigenvalue weighted by atomic mass is 10.0. The summed E-state index contributed by atoms with van der Waals surface area (Å²) in [5, 5.41) is 0. The van der Waals surface area contributed by atoms with Gasteiger partial charge in [-0.25, -0.2) is 0 Å². The smallest absolute Gasteiger partial charge is 0.313 e. The summed E-state index contributed by atoms with van der Waals surface area (Å²) in [7, 11) is 0. The number of hydrogen-bond donors (Lipinski definition) is 0. The van der Waals surface area contributed by atoms with Crippen LogP contribution in [0.5, 0.6) is 0 Å². The molecule has 0 heterocycles. The minimum absolute atomic E-state index is 0.00825. The Kier molecular flexibility index (Phi) is 4.35. The van der Waals surface area contributed by atoms with Gasteiger partial charge < -0.3 is 4.90 Å². The minimum Gasteiger partial charge on any atom is -0.321 e. The van der Waals surface area contributed by atoms with Gasteiger partial charge >= 0.3 is 6.41 Å². The van der Waals surface area contributed by atoms with Gasteiger partial charge in [0, 0.05) is 0 Å². The molecular weight excluding hydrogens is 234 g/mol. The lowest BCUT2D eigenvalue weighted by molar-refractivity contribution is 0.253. The van der Waals surface area contributed by atoms with E-state index < -0.39 is 0 Å². The molecule has 2 heteroatoms. The van der Waals surface area contributed by atoms with E-state index >= 15 is 0 Å². The summed E-state index contributed by atoms with van der Waals surface area (Å²) in [6, 6.07) is 20.1. The van der Waals surface area contributed by atoms with Crippen LogP contribution < -0.4 is 0 Å². The van der Waals surface area contributed by atoms with Crippen molar-refractivity contribution < 1.29 is 4.79 Å². The van der Waals surface area contributed by atoms with Crippen LogP contribution >= 0.6 is 0 Å². The van der Waals surface area contributed by atoms with Crippen LogP contribution in [0.1, 0.15) is 37.1 Å². The fourth-order valence-electron chi connectivity index (χ4n) is 2.28. The molecule has 0 saturated carbocycles. The highest BCUT2D eigenvalue weighted by molar-refractivity contribution is 5.51. The number of carbonyl (C=O) groups excluding carboxylic acids is 1. The maximum Gasteiger partial charge on any atom is 0.313 e. The molecule has 2 atom stereocenters. The van der Waals surface area contributed by atoms with E-state index in [2.05, 4.69) is 6.41 Å². The molecule has 0 spiro atoms. The SMILES string of the molecule is CC(c1ccccc1)N([C]=O)C(C)c1ccccc1. The molecular formula is C17H18NO. The first-order valence-electron chi connectivity index (χ1n) is 6.50.